The number of amides is 1. The molecule has 0 spiro atoms. The van der Waals surface area contributed by atoms with Gasteiger partial charge in [0.1, 0.15) is 5.60 Å². The molecule has 1 heterocycles. The van der Waals surface area contributed by atoms with Gasteiger partial charge < -0.3 is 15.4 Å². The van der Waals surface area contributed by atoms with Crippen molar-refractivity contribution in [2.24, 2.45) is 0 Å². The van der Waals surface area contributed by atoms with Crippen molar-refractivity contribution in [3.05, 3.63) is 29.8 Å². The Labute approximate surface area is 137 Å². The molecule has 2 rings (SSSR count). The molecule has 5 heteroatoms. The number of hydrogen-bond donors (Lipinski definition) is 2. The Kier molecular flexibility index (Phi) is 5.62. The molecular weight excluding hydrogens is 296 g/mol. The van der Waals surface area contributed by atoms with E-state index in [0.717, 1.165) is 22.3 Å². The summed E-state index contributed by atoms with van der Waals surface area (Å²) in [6.07, 6.45) is 0.817. The summed E-state index contributed by atoms with van der Waals surface area (Å²) in [7, 11) is 0. The third-order valence-electron chi connectivity index (χ3n) is 3.33. The molecule has 22 heavy (non-hydrogen) atoms. The van der Waals surface area contributed by atoms with Crippen molar-refractivity contribution >= 4 is 23.5 Å². The largest absolute Gasteiger partial charge is 0.444 e. The van der Waals surface area contributed by atoms with E-state index in [1.54, 1.807) is 0 Å². The topological polar surface area (TPSA) is 50.4 Å². The number of carbonyl (C=O) groups excluding carboxylic acids is 1. The van der Waals surface area contributed by atoms with Gasteiger partial charge in [-0.2, -0.15) is 11.8 Å². The van der Waals surface area contributed by atoms with Crippen molar-refractivity contribution < 1.29 is 9.53 Å². The molecular formula is C17H26N2O2S. The summed E-state index contributed by atoms with van der Waals surface area (Å²) >= 11 is 2.01. The molecule has 1 aliphatic heterocycles. The van der Waals surface area contributed by atoms with Gasteiger partial charge in [-0.15, -0.1) is 0 Å². The molecule has 0 aromatic heterocycles. The fraction of sp³-hybridized carbons (Fsp3) is 0.588. The normalized spacial score (nSPS) is 21.5. The van der Waals surface area contributed by atoms with E-state index < -0.39 is 5.60 Å². The average molecular weight is 322 g/mol. The number of nitrogens with one attached hydrogen (secondary N) is 2. The van der Waals surface area contributed by atoms with Gasteiger partial charge in [0.2, 0.25) is 0 Å². The lowest BCUT2D eigenvalue weighted by Gasteiger charge is -2.20. The van der Waals surface area contributed by atoms with Crippen molar-refractivity contribution in [1.29, 1.82) is 0 Å². The zero-order valence-corrected chi connectivity index (χ0v) is 14.6. The summed E-state index contributed by atoms with van der Waals surface area (Å²) in [6.45, 7) is 8.32. The van der Waals surface area contributed by atoms with Crippen LogP contribution < -0.4 is 10.6 Å². The summed E-state index contributed by atoms with van der Waals surface area (Å²) in [6, 6.07) is 8.72. The van der Waals surface area contributed by atoms with E-state index in [2.05, 4.69) is 29.7 Å². The number of thioether (sulfide) groups is 1. The van der Waals surface area contributed by atoms with Gasteiger partial charge in [0, 0.05) is 29.3 Å². The quantitative estimate of drug-likeness (QED) is 0.879. The second kappa shape index (κ2) is 7.27. The Balaban J connectivity index is 1.85. The molecule has 1 aromatic carbocycles. The maximum absolute atomic E-state index is 11.7. The minimum Gasteiger partial charge on any atom is -0.444 e. The van der Waals surface area contributed by atoms with E-state index in [1.807, 2.05) is 44.7 Å². The first-order chi connectivity index (χ1) is 10.3. The number of ether oxygens (including phenoxy) is 1. The highest BCUT2D eigenvalue weighted by Crippen LogP contribution is 2.28. The monoisotopic (exact) mass is 322 g/mol. The predicted octanol–water partition coefficient (Wildman–Crippen LogP) is 4.02. The summed E-state index contributed by atoms with van der Waals surface area (Å²) in [5.41, 5.74) is 1.71. The molecule has 2 atom stereocenters. The maximum Gasteiger partial charge on any atom is 0.407 e. The van der Waals surface area contributed by atoms with Gasteiger partial charge in [-0.1, -0.05) is 19.1 Å². The molecule has 2 N–H and O–H groups in total. The van der Waals surface area contributed by atoms with Crippen LogP contribution in [0.1, 0.15) is 39.7 Å². The molecule has 4 nitrogen and oxygen atoms in total. The Morgan fingerprint density at radius 1 is 1.41 bits per heavy atom. The Morgan fingerprint density at radius 3 is 2.82 bits per heavy atom. The number of carbonyl (C=O) groups is 1. The lowest BCUT2D eigenvalue weighted by molar-refractivity contribution is 0.0523. The van der Waals surface area contributed by atoms with Gasteiger partial charge in [0.15, 0.2) is 0 Å². The van der Waals surface area contributed by atoms with Crippen LogP contribution in [-0.2, 0) is 11.3 Å². The lowest BCUT2D eigenvalue weighted by Crippen LogP contribution is -2.32. The van der Waals surface area contributed by atoms with Crippen LogP contribution in [0.4, 0.5) is 10.5 Å². The fourth-order valence-electron chi connectivity index (χ4n) is 2.41. The van der Waals surface area contributed by atoms with Gasteiger partial charge >= 0.3 is 6.09 Å². The van der Waals surface area contributed by atoms with E-state index in [1.165, 1.54) is 6.42 Å². The highest BCUT2D eigenvalue weighted by molar-refractivity contribution is 8.00. The maximum atomic E-state index is 11.7. The number of alkyl carbamates (subject to hydrolysis) is 1. The Bertz CT molecular complexity index is 514. The average Bonchev–Trinajstić information content (AvgIpc) is 2.80. The summed E-state index contributed by atoms with van der Waals surface area (Å²) in [4.78, 5) is 11.7. The first kappa shape index (κ1) is 17.0. The fourth-order valence-corrected chi connectivity index (χ4v) is 3.56. The predicted molar refractivity (Wildman–Crippen MR) is 93.5 cm³/mol. The van der Waals surface area contributed by atoms with Crippen LogP contribution in [0.3, 0.4) is 0 Å². The molecule has 1 aliphatic rings. The number of benzene rings is 1. The third kappa shape index (κ3) is 5.79. The van der Waals surface area contributed by atoms with Gasteiger partial charge in [-0.3, -0.25) is 0 Å². The van der Waals surface area contributed by atoms with Crippen molar-refractivity contribution in [1.82, 2.24) is 5.32 Å². The minimum atomic E-state index is -0.468. The second-order valence-electron chi connectivity index (χ2n) is 6.78. The molecule has 1 amide bonds. The van der Waals surface area contributed by atoms with Gasteiger partial charge in [0.25, 0.3) is 0 Å². The van der Waals surface area contributed by atoms with Crippen LogP contribution in [0.5, 0.6) is 0 Å². The third-order valence-corrected chi connectivity index (χ3v) is 4.69. The first-order valence-electron chi connectivity index (χ1n) is 7.76. The smallest absolute Gasteiger partial charge is 0.407 e. The van der Waals surface area contributed by atoms with Crippen molar-refractivity contribution in [2.75, 3.05) is 11.1 Å². The number of anilines is 1. The van der Waals surface area contributed by atoms with Crippen molar-refractivity contribution in [3.63, 3.8) is 0 Å². The van der Waals surface area contributed by atoms with Crippen LogP contribution >= 0.6 is 11.8 Å². The van der Waals surface area contributed by atoms with E-state index >= 15 is 0 Å². The van der Waals surface area contributed by atoms with Crippen LogP contribution in [0.15, 0.2) is 24.3 Å². The Morgan fingerprint density at radius 2 is 2.18 bits per heavy atom. The summed E-state index contributed by atoms with van der Waals surface area (Å²) in [5, 5.41) is 7.09. The molecule has 2 unspecified atom stereocenters. The zero-order chi connectivity index (χ0) is 16.2. The van der Waals surface area contributed by atoms with Gasteiger partial charge in [-0.05, 0) is 44.9 Å². The van der Waals surface area contributed by atoms with Crippen LogP contribution in [0, 0.1) is 0 Å². The van der Waals surface area contributed by atoms with Crippen molar-refractivity contribution in [3.8, 4) is 0 Å². The van der Waals surface area contributed by atoms with E-state index in [9.17, 15) is 4.79 Å². The molecule has 0 radical (unpaired) electrons. The van der Waals surface area contributed by atoms with Crippen molar-refractivity contribution in [2.45, 2.75) is 57.6 Å². The highest BCUT2D eigenvalue weighted by Gasteiger charge is 2.21. The molecule has 1 aromatic rings. The first-order valence-corrected chi connectivity index (χ1v) is 8.80. The molecule has 0 bridgehead atoms. The van der Waals surface area contributed by atoms with E-state index in [4.69, 9.17) is 4.74 Å². The van der Waals surface area contributed by atoms with Crippen LogP contribution in [0.25, 0.3) is 0 Å². The van der Waals surface area contributed by atoms with Gasteiger partial charge in [0.05, 0.1) is 0 Å². The molecule has 0 aliphatic carbocycles. The highest BCUT2D eigenvalue weighted by atomic mass is 32.2. The molecule has 122 valence electrons. The minimum absolute atomic E-state index is 0.383. The summed E-state index contributed by atoms with van der Waals surface area (Å²) in [5.74, 6) is 1.15. The number of rotatable bonds is 4. The summed E-state index contributed by atoms with van der Waals surface area (Å²) < 4.78 is 5.24. The van der Waals surface area contributed by atoms with Crippen LogP contribution in [0.2, 0.25) is 0 Å². The SMILES string of the molecule is CC1CC(Nc2cccc(CNC(=O)OC(C)(C)C)c2)CS1. The van der Waals surface area contributed by atoms with Gasteiger partial charge in [-0.25, -0.2) is 4.79 Å². The lowest BCUT2D eigenvalue weighted by atomic mass is 10.1. The number of hydrogen-bond acceptors (Lipinski definition) is 4. The second-order valence-corrected chi connectivity index (χ2v) is 8.25. The van der Waals surface area contributed by atoms with Crippen LogP contribution in [-0.4, -0.2) is 28.7 Å². The van der Waals surface area contributed by atoms with E-state index in [-0.39, 0.29) is 6.09 Å². The molecule has 0 saturated carbocycles. The Hall–Kier alpha value is -1.36. The molecule has 1 fully saturated rings. The zero-order valence-electron chi connectivity index (χ0n) is 13.8. The molecule has 1 saturated heterocycles. The van der Waals surface area contributed by atoms with E-state index in [0.29, 0.717) is 12.6 Å². The standard InChI is InChI=1S/C17H26N2O2S/c1-12-8-15(11-22-12)19-14-7-5-6-13(9-14)10-18-16(20)21-17(2,3)4/h5-7,9,12,15,19H,8,10-11H2,1-4H3,(H,18,20).